The Hall–Kier alpha value is -0.620. The van der Waals surface area contributed by atoms with Crippen molar-refractivity contribution in [1.82, 2.24) is 10.3 Å². The van der Waals surface area contributed by atoms with Crippen molar-refractivity contribution in [2.45, 2.75) is 44.4 Å². The summed E-state index contributed by atoms with van der Waals surface area (Å²) in [4.78, 5) is 4.29. The lowest BCUT2D eigenvalue weighted by molar-refractivity contribution is -0.182. The number of rotatable bonds is 3. The largest absolute Gasteiger partial charge is 0.391 e. The van der Waals surface area contributed by atoms with E-state index in [0.29, 0.717) is 19.4 Å². The highest BCUT2D eigenvalue weighted by atomic mass is 79.9. The zero-order valence-corrected chi connectivity index (χ0v) is 12.0. The third kappa shape index (κ3) is 4.45. The summed E-state index contributed by atoms with van der Waals surface area (Å²) in [6.07, 6.45) is -2.41. The summed E-state index contributed by atoms with van der Waals surface area (Å²) in [6.45, 7) is 0.598. The molecule has 19 heavy (non-hydrogen) atoms. The number of nitrogens with one attached hydrogen (secondary N) is 1. The molecule has 1 aliphatic rings. The molecule has 0 bridgehead atoms. The van der Waals surface area contributed by atoms with Gasteiger partial charge in [0.1, 0.15) is 4.60 Å². The molecule has 1 aromatic heterocycles. The number of halogens is 4. The average Bonchev–Trinajstić information content (AvgIpc) is 2.36. The second-order valence-electron chi connectivity index (χ2n) is 4.92. The van der Waals surface area contributed by atoms with E-state index in [1.54, 1.807) is 0 Å². The van der Waals surface area contributed by atoms with Crippen molar-refractivity contribution >= 4 is 15.9 Å². The van der Waals surface area contributed by atoms with Gasteiger partial charge in [0, 0.05) is 12.6 Å². The SMILES string of the molecule is FC(F)(F)C1CCC(NCc2cccc(Br)n2)CC1. The van der Waals surface area contributed by atoms with Gasteiger partial charge >= 0.3 is 6.18 Å². The molecule has 1 saturated carbocycles. The van der Waals surface area contributed by atoms with Crippen LogP contribution in [0, 0.1) is 5.92 Å². The zero-order chi connectivity index (χ0) is 13.9. The van der Waals surface area contributed by atoms with Crippen LogP contribution in [0.5, 0.6) is 0 Å². The predicted octanol–water partition coefficient (Wildman–Crippen LogP) is 4.05. The molecule has 1 aliphatic carbocycles. The molecule has 0 unspecified atom stereocenters. The Balaban J connectivity index is 1.77. The third-order valence-corrected chi connectivity index (χ3v) is 3.98. The molecule has 0 aliphatic heterocycles. The van der Waals surface area contributed by atoms with Crippen molar-refractivity contribution in [3.8, 4) is 0 Å². The van der Waals surface area contributed by atoms with Crippen molar-refractivity contribution in [3.05, 3.63) is 28.5 Å². The lowest BCUT2D eigenvalue weighted by atomic mass is 9.85. The monoisotopic (exact) mass is 336 g/mol. The summed E-state index contributed by atoms with van der Waals surface area (Å²) in [5, 5.41) is 3.29. The fourth-order valence-corrected chi connectivity index (χ4v) is 2.80. The van der Waals surface area contributed by atoms with E-state index >= 15 is 0 Å². The molecule has 0 aromatic carbocycles. The topological polar surface area (TPSA) is 24.9 Å². The Morgan fingerprint density at radius 3 is 2.47 bits per heavy atom. The quantitative estimate of drug-likeness (QED) is 0.842. The second-order valence-corrected chi connectivity index (χ2v) is 5.74. The summed E-state index contributed by atoms with van der Waals surface area (Å²) in [5.74, 6) is -1.12. The van der Waals surface area contributed by atoms with Gasteiger partial charge in [0.05, 0.1) is 11.6 Å². The average molecular weight is 337 g/mol. The summed E-state index contributed by atoms with van der Waals surface area (Å²) in [7, 11) is 0. The summed E-state index contributed by atoms with van der Waals surface area (Å²) in [6, 6.07) is 5.81. The number of pyridine rings is 1. The first kappa shape index (κ1) is 14.8. The summed E-state index contributed by atoms with van der Waals surface area (Å²) in [5.41, 5.74) is 0.896. The number of hydrogen-bond acceptors (Lipinski definition) is 2. The van der Waals surface area contributed by atoms with E-state index in [9.17, 15) is 13.2 Å². The van der Waals surface area contributed by atoms with Crippen LogP contribution in [0.4, 0.5) is 13.2 Å². The van der Waals surface area contributed by atoms with Crippen LogP contribution in [-0.4, -0.2) is 17.2 Å². The highest BCUT2D eigenvalue weighted by molar-refractivity contribution is 9.10. The van der Waals surface area contributed by atoms with Crippen LogP contribution in [0.3, 0.4) is 0 Å². The van der Waals surface area contributed by atoms with Crippen LogP contribution in [0.15, 0.2) is 22.8 Å². The van der Waals surface area contributed by atoms with Crippen LogP contribution in [0.1, 0.15) is 31.4 Å². The molecule has 1 N–H and O–H groups in total. The van der Waals surface area contributed by atoms with Gasteiger partial charge in [0.25, 0.3) is 0 Å². The maximum atomic E-state index is 12.5. The number of nitrogens with zero attached hydrogens (tertiary/aromatic N) is 1. The van der Waals surface area contributed by atoms with Crippen LogP contribution in [0.2, 0.25) is 0 Å². The first-order chi connectivity index (χ1) is 8.95. The Morgan fingerprint density at radius 2 is 1.89 bits per heavy atom. The van der Waals surface area contributed by atoms with Gasteiger partial charge in [-0.25, -0.2) is 4.98 Å². The number of aromatic nitrogens is 1. The van der Waals surface area contributed by atoms with Gasteiger partial charge in [-0.15, -0.1) is 0 Å². The van der Waals surface area contributed by atoms with E-state index in [1.165, 1.54) is 0 Å². The van der Waals surface area contributed by atoms with Crippen molar-refractivity contribution in [2.75, 3.05) is 0 Å². The molecule has 0 amide bonds. The molecular formula is C13H16BrF3N2. The maximum absolute atomic E-state index is 12.5. The van der Waals surface area contributed by atoms with Gasteiger partial charge in [-0.2, -0.15) is 13.2 Å². The van der Waals surface area contributed by atoms with Gasteiger partial charge in [-0.05, 0) is 53.7 Å². The Labute approximate surface area is 118 Å². The van der Waals surface area contributed by atoms with Crippen LogP contribution in [0.25, 0.3) is 0 Å². The Kier molecular flexibility index (Phi) is 4.84. The molecule has 0 atom stereocenters. The molecule has 1 heterocycles. The lowest BCUT2D eigenvalue weighted by Gasteiger charge is -2.30. The second kappa shape index (κ2) is 6.22. The summed E-state index contributed by atoms with van der Waals surface area (Å²) < 4.78 is 38.4. The van der Waals surface area contributed by atoms with Crippen LogP contribution < -0.4 is 5.32 Å². The van der Waals surface area contributed by atoms with E-state index in [4.69, 9.17) is 0 Å². The van der Waals surface area contributed by atoms with E-state index in [1.807, 2.05) is 18.2 Å². The van der Waals surface area contributed by atoms with Crippen LogP contribution in [-0.2, 0) is 6.54 Å². The fourth-order valence-electron chi connectivity index (χ4n) is 2.42. The highest BCUT2D eigenvalue weighted by Crippen LogP contribution is 2.37. The molecule has 2 nitrogen and oxygen atoms in total. The Bertz CT molecular complexity index is 415. The van der Waals surface area contributed by atoms with Crippen LogP contribution >= 0.6 is 15.9 Å². The first-order valence-corrected chi connectivity index (χ1v) is 7.16. The minimum Gasteiger partial charge on any atom is -0.308 e. The summed E-state index contributed by atoms with van der Waals surface area (Å²) >= 11 is 3.29. The van der Waals surface area contributed by atoms with Crippen molar-refractivity contribution < 1.29 is 13.2 Å². The standard InChI is InChI=1S/C13H16BrF3N2/c14-12-3-1-2-11(19-12)8-18-10-6-4-9(5-7-10)13(15,16)17/h1-3,9-10,18H,4-8H2. The molecule has 2 rings (SSSR count). The first-order valence-electron chi connectivity index (χ1n) is 6.36. The molecular weight excluding hydrogens is 321 g/mol. The molecule has 6 heteroatoms. The molecule has 1 fully saturated rings. The molecule has 0 radical (unpaired) electrons. The predicted molar refractivity (Wildman–Crippen MR) is 70.6 cm³/mol. The highest BCUT2D eigenvalue weighted by Gasteiger charge is 2.41. The normalized spacial score (nSPS) is 24.4. The smallest absolute Gasteiger partial charge is 0.308 e. The van der Waals surface area contributed by atoms with E-state index in [2.05, 4.69) is 26.2 Å². The third-order valence-electron chi connectivity index (χ3n) is 3.53. The Morgan fingerprint density at radius 1 is 1.21 bits per heavy atom. The molecule has 1 aromatic rings. The van der Waals surface area contributed by atoms with E-state index in [0.717, 1.165) is 10.3 Å². The van der Waals surface area contributed by atoms with E-state index in [-0.39, 0.29) is 18.9 Å². The van der Waals surface area contributed by atoms with Gasteiger partial charge < -0.3 is 5.32 Å². The number of alkyl halides is 3. The van der Waals surface area contributed by atoms with Gasteiger partial charge in [-0.3, -0.25) is 0 Å². The van der Waals surface area contributed by atoms with Crippen molar-refractivity contribution in [2.24, 2.45) is 5.92 Å². The van der Waals surface area contributed by atoms with Gasteiger partial charge in [0.15, 0.2) is 0 Å². The van der Waals surface area contributed by atoms with Crippen molar-refractivity contribution in [1.29, 1.82) is 0 Å². The van der Waals surface area contributed by atoms with E-state index < -0.39 is 12.1 Å². The van der Waals surface area contributed by atoms with Gasteiger partial charge in [0.2, 0.25) is 0 Å². The minimum atomic E-state index is -4.03. The molecule has 106 valence electrons. The maximum Gasteiger partial charge on any atom is 0.391 e. The van der Waals surface area contributed by atoms with Gasteiger partial charge in [-0.1, -0.05) is 6.07 Å². The van der Waals surface area contributed by atoms with Crippen molar-refractivity contribution in [3.63, 3.8) is 0 Å². The minimum absolute atomic E-state index is 0.166. The fraction of sp³-hybridized carbons (Fsp3) is 0.615. The molecule has 0 spiro atoms. The number of hydrogen-bond donors (Lipinski definition) is 1. The lowest BCUT2D eigenvalue weighted by Crippen LogP contribution is -2.36. The molecule has 0 saturated heterocycles. The zero-order valence-electron chi connectivity index (χ0n) is 10.4.